The molecule has 1 aromatic rings. The number of benzene rings is 1. The van der Waals surface area contributed by atoms with Gasteiger partial charge in [0.25, 0.3) is 5.91 Å². The minimum atomic E-state index is -0.121. The molecule has 0 spiro atoms. The Kier molecular flexibility index (Phi) is 7.81. The number of likely N-dealkylation sites (tertiary alicyclic amines) is 1. The summed E-state index contributed by atoms with van der Waals surface area (Å²) in [4.78, 5) is 26.0. The fourth-order valence-corrected chi connectivity index (χ4v) is 3.10. The zero-order valence-electron chi connectivity index (χ0n) is 14.1. The second kappa shape index (κ2) is 9.85. The van der Waals surface area contributed by atoms with Gasteiger partial charge in [-0.3, -0.25) is 9.59 Å². The second-order valence-electron chi connectivity index (χ2n) is 5.80. The van der Waals surface area contributed by atoms with Gasteiger partial charge < -0.3 is 19.7 Å². The van der Waals surface area contributed by atoms with Crippen LogP contribution in [-0.4, -0.2) is 56.7 Å². The standard InChI is InChI=1S/C17H22Cl2N2O4/c1-24-9-6-20-17(23)12-4-7-21(8-5-12)16(22)11-25-15-3-2-13(18)10-14(15)19/h2-3,10,12H,4-9,11H2,1H3,(H,20,23). The lowest BCUT2D eigenvalue weighted by Gasteiger charge is -2.31. The summed E-state index contributed by atoms with van der Waals surface area (Å²) in [6.07, 6.45) is 1.29. The Morgan fingerprint density at radius 3 is 2.64 bits per heavy atom. The minimum Gasteiger partial charge on any atom is -0.482 e. The van der Waals surface area contributed by atoms with E-state index in [0.29, 0.717) is 54.9 Å². The van der Waals surface area contributed by atoms with Crippen molar-refractivity contribution >= 4 is 35.0 Å². The molecule has 0 unspecified atom stereocenters. The molecule has 138 valence electrons. The van der Waals surface area contributed by atoms with Gasteiger partial charge in [0.05, 0.1) is 11.6 Å². The molecule has 1 fully saturated rings. The van der Waals surface area contributed by atoms with Crippen molar-refractivity contribution in [3.8, 4) is 5.75 Å². The normalized spacial score (nSPS) is 15.1. The van der Waals surface area contributed by atoms with Crippen molar-refractivity contribution in [2.75, 3.05) is 40.0 Å². The predicted octanol–water partition coefficient (Wildman–Crippen LogP) is 2.37. The van der Waals surface area contributed by atoms with Crippen molar-refractivity contribution in [1.82, 2.24) is 10.2 Å². The number of carbonyl (C=O) groups excluding carboxylic acids is 2. The minimum absolute atomic E-state index is 0.0216. The molecule has 1 N–H and O–H groups in total. The number of piperidine rings is 1. The smallest absolute Gasteiger partial charge is 0.260 e. The van der Waals surface area contributed by atoms with Crippen LogP contribution in [0.2, 0.25) is 10.0 Å². The van der Waals surface area contributed by atoms with Gasteiger partial charge in [-0.1, -0.05) is 23.2 Å². The highest BCUT2D eigenvalue weighted by atomic mass is 35.5. The number of halogens is 2. The zero-order valence-corrected chi connectivity index (χ0v) is 15.6. The van der Waals surface area contributed by atoms with Crippen LogP contribution in [0.3, 0.4) is 0 Å². The van der Waals surface area contributed by atoms with E-state index in [1.807, 2.05) is 0 Å². The molecule has 0 radical (unpaired) electrons. The summed E-state index contributed by atoms with van der Waals surface area (Å²) in [5.74, 6) is 0.261. The van der Waals surface area contributed by atoms with Crippen LogP contribution in [0.15, 0.2) is 18.2 Å². The van der Waals surface area contributed by atoms with Crippen molar-refractivity contribution in [2.45, 2.75) is 12.8 Å². The number of amides is 2. The van der Waals surface area contributed by atoms with Crippen LogP contribution in [0.4, 0.5) is 0 Å². The molecule has 2 rings (SSSR count). The molecule has 0 atom stereocenters. The molecule has 1 aliphatic heterocycles. The van der Waals surface area contributed by atoms with E-state index < -0.39 is 0 Å². The topological polar surface area (TPSA) is 67.9 Å². The quantitative estimate of drug-likeness (QED) is 0.728. The number of rotatable bonds is 7. The average molecular weight is 389 g/mol. The van der Waals surface area contributed by atoms with Gasteiger partial charge in [0.2, 0.25) is 5.91 Å². The maximum Gasteiger partial charge on any atom is 0.260 e. The molecule has 1 aromatic carbocycles. The van der Waals surface area contributed by atoms with Crippen LogP contribution in [0.5, 0.6) is 5.75 Å². The lowest BCUT2D eigenvalue weighted by molar-refractivity contribution is -0.137. The number of hydrogen-bond donors (Lipinski definition) is 1. The molecule has 1 aliphatic rings. The monoisotopic (exact) mass is 388 g/mol. The first-order chi connectivity index (χ1) is 12.0. The Hall–Kier alpha value is -1.50. The summed E-state index contributed by atoms with van der Waals surface area (Å²) < 4.78 is 10.4. The highest BCUT2D eigenvalue weighted by Gasteiger charge is 2.27. The molecular weight excluding hydrogens is 367 g/mol. The summed E-state index contributed by atoms with van der Waals surface area (Å²) in [5.41, 5.74) is 0. The van der Waals surface area contributed by atoms with Crippen molar-refractivity contribution in [2.24, 2.45) is 5.92 Å². The summed E-state index contributed by atoms with van der Waals surface area (Å²) in [5, 5.41) is 3.71. The molecule has 0 saturated carbocycles. The highest BCUT2D eigenvalue weighted by Crippen LogP contribution is 2.27. The first kappa shape index (κ1) is 19.8. The van der Waals surface area contributed by atoms with Crippen molar-refractivity contribution in [1.29, 1.82) is 0 Å². The molecule has 2 amide bonds. The number of carbonyl (C=O) groups is 2. The van der Waals surface area contributed by atoms with Crippen LogP contribution in [0.25, 0.3) is 0 Å². The Balaban J connectivity index is 1.74. The molecule has 6 nitrogen and oxygen atoms in total. The number of hydrogen-bond acceptors (Lipinski definition) is 4. The van der Waals surface area contributed by atoms with E-state index in [4.69, 9.17) is 32.7 Å². The Morgan fingerprint density at radius 1 is 1.28 bits per heavy atom. The van der Waals surface area contributed by atoms with Gasteiger partial charge in [-0.25, -0.2) is 0 Å². The van der Waals surface area contributed by atoms with E-state index >= 15 is 0 Å². The van der Waals surface area contributed by atoms with Gasteiger partial charge in [-0.05, 0) is 31.0 Å². The summed E-state index contributed by atoms with van der Waals surface area (Å²) in [6.45, 7) is 1.99. The molecule has 0 aliphatic carbocycles. The van der Waals surface area contributed by atoms with E-state index in [1.54, 1.807) is 30.2 Å². The van der Waals surface area contributed by atoms with Gasteiger partial charge in [-0.2, -0.15) is 0 Å². The largest absolute Gasteiger partial charge is 0.482 e. The SMILES string of the molecule is COCCNC(=O)C1CCN(C(=O)COc2ccc(Cl)cc2Cl)CC1. The van der Waals surface area contributed by atoms with Crippen LogP contribution in [0.1, 0.15) is 12.8 Å². The third-order valence-electron chi connectivity index (χ3n) is 4.07. The molecule has 0 bridgehead atoms. The fourth-order valence-electron chi connectivity index (χ4n) is 2.63. The van der Waals surface area contributed by atoms with Gasteiger partial charge >= 0.3 is 0 Å². The number of methoxy groups -OCH3 is 1. The lowest BCUT2D eigenvalue weighted by Crippen LogP contribution is -2.44. The Bertz CT molecular complexity index is 604. The number of ether oxygens (including phenoxy) is 2. The molecule has 25 heavy (non-hydrogen) atoms. The molecular formula is C17H22Cl2N2O4. The summed E-state index contributed by atoms with van der Waals surface area (Å²) in [7, 11) is 1.59. The first-order valence-corrected chi connectivity index (χ1v) is 8.89. The van der Waals surface area contributed by atoms with E-state index in [0.717, 1.165) is 0 Å². The molecule has 8 heteroatoms. The molecule has 1 heterocycles. The fraction of sp³-hybridized carbons (Fsp3) is 0.529. The van der Waals surface area contributed by atoms with Crippen LogP contribution in [-0.2, 0) is 14.3 Å². The van der Waals surface area contributed by atoms with Gasteiger partial charge in [-0.15, -0.1) is 0 Å². The van der Waals surface area contributed by atoms with Crippen LogP contribution < -0.4 is 10.1 Å². The predicted molar refractivity (Wildman–Crippen MR) is 96.1 cm³/mol. The van der Waals surface area contributed by atoms with Gasteiger partial charge in [0.15, 0.2) is 6.61 Å². The Labute approximate surface area is 157 Å². The van der Waals surface area contributed by atoms with E-state index in [1.165, 1.54) is 0 Å². The number of nitrogens with zero attached hydrogens (tertiary/aromatic N) is 1. The van der Waals surface area contributed by atoms with E-state index in [2.05, 4.69) is 5.32 Å². The third kappa shape index (κ3) is 6.06. The third-order valence-corrected chi connectivity index (χ3v) is 4.60. The second-order valence-corrected chi connectivity index (χ2v) is 6.65. The van der Waals surface area contributed by atoms with Crippen LogP contribution >= 0.6 is 23.2 Å². The first-order valence-electron chi connectivity index (χ1n) is 8.13. The lowest BCUT2D eigenvalue weighted by atomic mass is 9.96. The zero-order chi connectivity index (χ0) is 18.2. The van der Waals surface area contributed by atoms with Gasteiger partial charge in [0.1, 0.15) is 5.75 Å². The maximum absolute atomic E-state index is 12.3. The van der Waals surface area contributed by atoms with E-state index in [-0.39, 0.29) is 24.3 Å². The highest BCUT2D eigenvalue weighted by molar-refractivity contribution is 6.35. The summed E-state index contributed by atoms with van der Waals surface area (Å²) >= 11 is 11.8. The molecule has 0 aromatic heterocycles. The average Bonchev–Trinajstić information content (AvgIpc) is 2.61. The maximum atomic E-state index is 12.3. The van der Waals surface area contributed by atoms with Crippen molar-refractivity contribution in [3.05, 3.63) is 28.2 Å². The Morgan fingerprint density at radius 2 is 2.00 bits per heavy atom. The van der Waals surface area contributed by atoms with Gasteiger partial charge in [0, 0.05) is 37.7 Å². The van der Waals surface area contributed by atoms with E-state index in [9.17, 15) is 9.59 Å². The van der Waals surface area contributed by atoms with Crippen molar-refractivity contribution in [3.63, 3.8) is 0 Å². The number of nitrogens with one attached hydrogen (secondary N) is 1. The molecule has 1 saturated heterocycles. The van der Waals surface area contributed by atoms with Crippen LogP contribution in [0, 0.1) is 5.92 Å². The van der Waals surface area contributed by atoms with Crippen molar-refractivity contribution < 1.29 is 19.1 Å². The summed E-state index contributed by atoms with van der Waals surface area (Å²) in [6, 6.07) is 4.85.